The average molecular weight is 245 g/mol. The molecule has 0 radical (unpaired) electrons. The molecule has 0 N–H and O–H groups in total. The highest BCUT2D eigenvalue weighted by Gasteiger charge is 2.05. The topological polar surface area (TPSA) is 39.2 Å². The van der Waals surface area contributed by atoms with Crippen molar-refractivity contribution in [2.75, 3.05) is 0 Å². The van der Waals surface area contributed by atoms with Crippen LogP contribution in [0.25, 0.3) is 0 Å². The van der Waals surface area contributed by atoms with Crippen molar-refractivity contribution >= 4 is 6.29 Å². The molecule has 2 rings (SSSR count). The number of aryl methyl sites for hydroxylation is 1. The predicted molar refractivity (Wildman–Crippen MR) is 65.1 cm³/mol. The summed E-state index contributed by atoms with van der Waals surface area (Å²) in [5, 5.41) is 0. The van der Waals surface area contributed by atoms with Gasteiger partial charge in [-0.05, 0) is 36.8 Å². The predicted octanol–water partition coefficient (Wildman–Crippen LogP) is 2.92. The number of hydrogen-bond donors (Lipinski definition) is 0. The number of aromatic nitrogens is 1. The maximum atomic E-state index is 13.5. The first-order chi connectivity index (χ1) is 8.69. The molecule has 0 fully saturated rings. The Kier molecular flexibility index (Phi) is 3.67. The standard InChI is InChI=1S/C14H12FNO2/c1-10-4-12(7-16-6-10)9-18-14-3-2-11(8-17)5-13(14)15/h2-8H,9H2,1H3. The van der Waals surface area contributed by atoms with Gasteiger partial charge in [0.05, 0.1) is 0 Å². The van der Waals surface area contributed by atoms with Gasteiger partial charge in [0.15, 0.2) is 11.6 Å². The van der Waals surface area contributed by atoms with Gasteiger partial charge in [0.25, 0.3) is 0 Å². The molecular formula is C14H12FNO2. The van der Waals surface area contributed by atoms with Crippen molar-refractivity contribution in [1.29, 1.82) is 0 Å². The summed E-state index contributed by atoms with van der Waals surface area (Å²) >= 11 is 0. The third-order valence-corrected chi connectivity index (χ3v) is 2.42. The Hall–Kier alpha value is -2.23. The van der Waals surface area contributed by atoms with Crippen molar-refractivity contribution in [3.63, 3.8) is 0 Å². The van der Waals surface area contributed by atoms with Crippen molar-refractivity contribution in [1.82, 2.24) is 4.98 Å². The number of carbonyl (C=O) groups is 1. The van der Waals surface area contributed by atoms with E-state index in [1.165, 1.54) is 12.1 Å². The molecule has 92 valence electrons. The van der Waals surface area contributed by atoms with E-state index >= 15 is 0 Å². The lowest BCUT2D eigenvalue weighted by atomic mass is 10.2. The molecule has 0 saturated heterocycles. The van der Waals surface area contributed by atoms with Gasteiger partial charge in [-0.15, -0.1) is 0 Å². The number of rotatable bonds is 4. The lowest BCUT2D eigenvalue weighted by Gasteiger charge is -2.07. The molecule has 2 aromatic rings. The third kappa shape index (κ3) is 2.91. The van der Waals surface area contributed by atoms with Crippen LogP contribution < -0.4 is 4.74 Å². The maximum absolute atomic E-state index is 13.5. The third-order valence-electron chi connectivity index (χ3n) is 2.42. The number of benzene rings is 1. The first-order valence-corrected chi connectivity index (χ1v) is 5.47. The lowest BCUT2D eigenvalue weighted by molar-refractivity contribution is 0.112. The van der Waals surface area contributed by atoms with Crippen LogP contribution in [0.4, 0.5) is 4.39 Å². The number of halogens is 1. The van der Waals surface area contributed by atoms with Crippen LogP contribution in [-0.2, 0) is 6.61 Å². The van der Waals surface area contributed by atoms with Crippen molar-refractivity contribution < 1.29 is 13.9 Å². The van der Waals surface area contributed by atoms with Crippen LogP contribution in [0, 0.1) is 12.7 Å². The van der Waals surface area contributed by atoms with Gasteiger partial charge in [-0.2, -0.15) is 0 Å². The van der Waals surface area contributed by atoms with Crippen LogP contribution >= 0.6 is 0 Å². The molecule has 1 aromatic carbocycles. The second kappa shape index (κ2) is 5.40. The zero-order chi connectivity index (χ0) is 13.0. The fourth-order valence-corrected chi connectivity index (χ4v) is 1.57. The summed E-state index contributed by atoms with van der Waals surface area (Å²) in [5.74, 6) is -0.415. The molecule has 4 heteroatoms. The van der Waals surface area contributed by atoms with Gasteiger partial charge >= 0.3 is 0 Å². The van der Waals surface area contributed by atoms with Crippen LogP contribution in [0.2, 0.25) is 0 Å². The van der Waals surface area contributed by atoms with E-state index < -0.39 is 5.82 Å². The normalized spacial score (nSPS) is 10.1. The Morgan fingerprint density at radius 3 is 2.83 bits per heavy atom. The quantitative estimate of drug-likeness (QED) is 0.777. The minimum absolute atomic E-state index is 0.127. The van der Waals surface area contributed by atoms with E-state index in [1.54, 1.807) is 12.4 Å². The van der Waals surface area contributed by atoms with E-state index in [4.69, 9.17) is 4.74 Å². The van der Waals surface area contributed by atoms with Crippen LogP contribution in [0.15, 0.2) is 36.7 Å². The minimum Gasteiger partial charge on any atom is -0.486 e. The fraction of sp³-hybridized carbons (Fsp3) is 0.143. The smallest absolute Gasteiger partial charge is 0.165 e. The highest BCUT2D eigenvalue weighted by molar-refractivity contribution is 5.74. The SMILES string of the molecule is Cc1cncc(COc2ccc(C=O)cc2F)c1. The van der Waals surface area contributed by atoms with Gasteiger partial charge in [0.1, 0.15) is 12.9 Å². The lowest BCUT2D eigenvalue weighted by Crippen LogP contribution is -1.99. The van der Waals surface area contributed by atoms with E-state index in [2.05, 4.69) is 4.98 Å². The van der Waals surface area contributed by atoms with Gasteiger partial charge in [-0.1, -0.05) is 0 Å². The van der Waals surface area contributed by atoms with E-state index in [0.29, 0.717) is 6.29 Å². The first-order valence-electron chi connectivity index (χ1n) is 5.47. The summed E-state index contributed by atoms with van der Waals surface area (Å²) in [7, 11) is 0. The number of aldehydes is 1. The van der Waals surface area contributed by atoms with Crippen molar-refractivity contribution in [2.24, 2.45) is 0 Å². The highest BCUT2D eigenvalue weighted by Crippen LogP contribution is 2.19. The minimum atomic E-state index is -0.541. The maximum Gasteiger partial charge on any atom is 0.165 e. The number of nitrogens with zero attached hydrogens (tertiary/aromatic N) is 1. The Bertz CT molecular complexity index is 569. The zero-order valence-electron chi connectivity index (χ0n) is 9.89. The molecular weight excluding hydrogens is 233 g/mol. The van der Waals surface area contributed by atoms with Gasteiger partial charge in [-0.3, -0.25) is 9.78 Å². The molecule has 0 unspecified atom stereocenters. The molecule has 1 heterocycles. The largest absolute Gasteiger partial charge is 0.486 e. The Morgan fingerprint density at radius 2 is 2.17 bits per heavy atom. The first kappa shape index (κ1) is 12.2. The second-order valence-electron chi connectivity index (χ2n) is 3.97. The molecule has 1 aromatic heterocycles. The van der Waals surface area contributed by atoms with Crippen LogP contribution in [0.3, 0.4) is 0 Å². The molecule has 0 amide bonds. The average Bonchev–Trinajstić information content (AvgIpc) is 2.37. The molecule has 0 spiro atoms. The molecule has 0 aliphatic heterocycles. The van der Waals surface area contributed by atoms with Crippen molar-refractivity contribution in [2.45, 2.75) is 13.5 Å². The van der Waals surface area contributed by atoms with Gasteiger partial charge in [0.2, 0.25) is 0 Å². The van der Waals surface area contributed by atoms with Gasteiger partial charge in [0, 0.05) is 23.5 Å². The second-order valence-corrected chi connectivity index (χ2v) is 3.97. The fourth-order valence-electron chi connectivity index (χ4n) is 1.57. The Labute approximate surface area is 104 Å². The Morgan fingerprint density at radius 1 is 1.33 bits per heavy atom. The molecule has 0 bridgehead atoms. The molecule has 18 heavy (non-hydrogen) atoms. The van der Waals surface area contributed by atoms with Crippen LogP contribution in [0.1, 0.15) is 21.5 Å². The number of carbonyl (C=O) groups excluding carboxylic acids is 1. The molecule has 0 atom stereocenters. The number of hydrogen-bond acceptors (Lipinski definition) is 3. The van der Waals surface area contributed by atoms with E-state index in [1.807, 2.05) is 13.0 Å². The van der Waals surface area contributed by atoms with Gasteiger partial charge in [-0.25, -0.2) is 4.39 Å². The molecule has 0 aliphatic carbocycles. The molecule has 3 nitrogen and oxygen atoms in total. The van der Waals surface area contributed by atoms with Gasteiger partial charge < -0.3 is 4.74 Å². The summed E-state index contributed by atoms with van der Waals surface area (Å²) < 4.78 is 18.9. The zero-order valence-corrected chi connectivity index (χ0v) is 9.89. The number of pyridine rings is 1. The monoisotopic (exact) mass is 245 g/mol. The summed E-state index contributed by atoms with van der Waals surface area (Å²) in [6.45, 7) is 2.17. The molecule has 0 aliphatic rings. The van der Waals surface area contributed by atoms with Crippen LogP contribution in [0.5, 0.6) is 5.75 Å². The Balaban J connectivity index is 2.08. The summed E-state index contributed by atoms with van der Waals surface area (Å²) in [5.41, 5.74) is 2.18. The molecule has 0 saturated carbocycles. The van der Waals surface area contributed by atoms with E-state index in [-0.39, 0.29) is 17.9 Å². The highest BCUT2D eigenvalue weighted by atomic mass is 19.1. The summed E-state index contributed by atoms with van der Waals surface area (Å²) in [6, 6.07) is 6.03. The summed E-state index contributed by atoms with van der Waals surface area (Å²) in [6.07, 6.45) is 4.00. The van der Waals surface area contributed by atoms with E-state index in [9.17, 15) is 9.18 Å². The van der Waals surface area contributed by atoms with Crippen molar-refractivity contribution in [3.8, 4) is 5.75 Å². The van der Waals surface area contributed by atoms with E-state index in [0.717, 1.165) is 17.2 Å². The number of ether oxygens (including phenoxy) is 1. The van der Waals surface area contributed by atoms with Crippen molar-refractivity contribution in [3.05, 3.63) is 59.2 Å². The summed E-state index contributed by atoms with van der Waals surface area (Å²) in [4.78, 5) is 14.5. The van der Waals surface area contributed by atoms with Crippen LogP contribution in [-0.4, -0.2) is 11.3 Å².